The normalized spacial score (nSPS) is 18.4. The SMILES string of the molecule is CC1(C)CCC(OCCOc2ccccc2C(=O)O)CC1. The van der Waals surface area contributed by atoms with Gasteiger partial charge in [0.15, 0.2) is 0 Å². The molecule has 0 heterocycles. The number of carbonyl (C=O) groups is 1. The average molecular weight is 292 g/mol. The van der Waals surface area contributed by atoms with Crippen LogP contribution in [0.3, 0.4) is 0 Å². The van der Waals surface area contributed by atoms with Crippen molar-refractivity contribution < 1.29 is 19.4 Å². The third kappa shape index (κ3) is 4.74. The Kier molecular flexibility index (Phi) is 5.23. The van der Waals surface area contributed by atoms with Gasteiger partial charge in [0.2, 0.25) is 0 Å². The van der Waals surface area contributed by atoms with Gasteiger partial charge >= 0.3 is 5.97 Å². The molecule has 116 valence electrons. The average Bonchev–Trinajstić information content (AvgIpc) is 2.45. The molecule has 1 saturated carbocycles. The number of hydrogen-bond acceptors (Lipinski definition) is 3. The van der Waals surface area contributed by atoms with Crippen molar-refractivity contribution in [3.05, 3.63) is 29.8 Å². The number of hydrogen-bond donors (Lipinski definition) is 1. The Morgan fingerprint density at radius 3 is 2.57 bits per heavy atom. The minimum absolute atomic E-state index is 0.192. The number of benzene rings is 1. The van der Waals surface area contributed by atoms with E-state index < -0.39 is 5.97 Å². The minimum atomic E-state index is -0.971. The Morgan fingerprint density at radius 2 is 1.90 bits per heavy atom. The first kappa shape index (κ1) is 15.8. The van der Waals surface area contributed by atoms with Crippen LogP contribution in [-0.4, -0.2) is 30.4 Å². The summed E-state index contributed by atoms with van der Waals surface area (Å²) in [6.45, 7) is 5.48. The highest BCUT2D eigenvalue weighted by molar-refractivity contribution is 5.90. The summed E-state index contributed by atoms with van der Waals surface area (Å²) in [6, 6.07) is 6.68. The zero-order chi connectivity index (χ0) is 15.3. The van der Waals surface area contributed by atoms with Crippen molar-refractivity contribution in [2.75, 3.05) is 13.2 Å². The van der Waals surface area contributed by atoms with Crippen LogP contribution < -0.4 is 4.74 Å². The van der Waals surface area contributed by atoms with Gasteiger partial charge in [0.05, 0.1) is 12.7 Å². The molecule has 0 aromatic heterocycles. The van der Waals surface area contributed by atoms with Gasteiger partial charge in [-0.2, -0.15) is 0 Å². The predicted octanol–water partition coefficient (Wildman–Crippen LogP) is 3.75. The lowest BCUT2D eigenvalue weighted by molar-refractivity contribution is -0.00745. The molecule has 0 unspecified atom stereocenters. The Balaban J connectivity index is 1.72. The van der Waals surface area contributed by atoms with Crippen LogP contribution in [0.1, 0.15) is 49.9 Å². The lowest BCUT2D eigenvalue weighted by Gasteiger charge is -2.34. The summed E-state index contributed by atoms with van der Waals surface area (Å²) in [5, 5.41) is 9.06. The summed E-state index contributed by atoms with van der Waals surface area (Å²) in [5.41, 5.74) is 0.633. The molecular formula is C17H24O4. The predicted molar refractivity (Wildman–Crippen MR) is 80.9 cm³/mol. The second-order valence-electron chi connectivity index (χ2n) is 6.38. The summed E-state index contributed by atoms with van der Waals surface area (Å²) >= 11 is 0. The van der Waals surface area contributed by atoms with E-state index in [1.54, 1.807) is 24.3 Å². The van der Waals surface area contributed by atoms with E-state index in [9.17, 15) is 4.79 Å². The molecular weight excluding hydrogens is 268 g/mol. The van der Waals surface area contributed by atoms with Crippen LogP contribution in [0.5, 0.6) is 5.75 Å². The van der Waals surface area contributed by atoms with Crippen molar-refractivity contribution in [2.24, 2.45) is 5.41 Å². The van der Waals surface area contributed by atoms with Crippen molar-refractivity contribution >= 4 is 5.97 Å². The second-order valence-corrected chi connectivity index (χ2v) is 6.38. The summed E-state index contributed by atoms with van der Waals surface area (Å²) in [7, 11) is 0. The van der Waals surface area contributed by atoms with Gasteiger partial charge < -0.3 is 14.6 Å². The molecule has 1 aliphatic carbocycles. The molecule has 0 amide bonds. The lowest BCUT2D eigenvalue weighted by Crippen LogP contribution is -2.27. The van der Waals surface area contributed by atoms with Gasteiger partial charge in [0, 0.05) is 0 Å². The first-order valence-corrected chi connectivity index (χ1v) is 7.55. The fourth-order valence-electron chi connectivity index (χ4n) is 2.68. The highest BCUT2D eigenvalue weighted by Gasteiger charge is 2.27. The van der Waals surface area contributed by atoms with E-state index in [4.69, 9.17) is 14.6 Å². The van der Waals surface area contributed by atoms with Crippen LogP contribution in [0.2, 0.25) is 0 Å². The van der Waals surface area contributed by atoms with Gasteiger partial charge in [-0.05, 0) is 43.2 Å². The quantitative estimate of drug-likeness (QED) is 0.811. The van der Waals surface area contributed by atoms with Gasteiger partial charge in [-0.25, -0.2) is 4.79 Å². The topological polar surface area (TPSA) is 55.8 Å². The Hall–Kier alpha value is -1.55. The first-order valence-electron chi connectivity index (χ1n) is 7.55. The van der Waals surface area contributed by atoms with Gasteiger partial charge in [-0.15, -0.1) is 0 Å². The van der Waals surface area contributed by atoms with Crippen LogP contribution >= 0.6 is 0 Å². The molecule has 0 spiro atoms. The monoisotopic (exact) mass is 292 g/mol. The van der Waals surface area contributed by atoms with Crippen LogP contribution in [0.15, 0.2) is 24.3 Å². The number of rotatable bonds is 6. The maximum Gasteiger partial charge on any atom is 0.339 e. The molecule has 0 bridgehead atoms. The van der Waals surface area contributed by atoms with Crippen molar-refractivity contribution in [2.45, 2.75) is 45.6 Å². The first-order chi connectivity index (χ1) is 9.98. The molecule has 1 fully saturated rings. The number of para-hydroxylation sites is 1. The molecule has 0 saturated heterocycles. The molecule has 4 nitrogen and oxygen atoms in total. The van der Waals surface area contributed by atoms with E-state index in [-0.39, 0.29) is 5.56 Å². The molecule has 2 rings (SSSR count). The molecule has 1 aliphatic rings. The van der Waals surface area contributed by atoms with Crippen molar-refractivity contribution in [1.82, 2.24) is 0 Å². The standard InChI is InChI=1S/C17H24O4/c1-17(2)9-7-13(8-10-17)20-11-12-21-15-6-4-3-5-14(15)16(18)19/h3-6,13H,7-12H2,1-2H3,(H,18,19). The van der Waals surface area contributed by atoms with Gasteiger partial charge in [0.1, 0.15) is 17.9 Å². The van der Waals surface area contributed by atoms with E-state index in [0.29, 0.717) is 30.5 Å². The maximum atomic E-state index is 11.1. The zero-order valence-electron chi connectivity index (χ0n) is 12.8. The highest BCUT2D eigenvalue weighted by Crippen LogP contribution is 2.36. The number of ether oxygens (including phenoxy) is 2. The van der Waals surface area contributed by atoms with E-state index in [2.05, 4.69) is 13.8 Å². The Bertz CT molecular complexity index is 471. The van der Waals surface area contributed by atoms with Crippen LogP contribution in [0.4, 0.5) is 0 Å². The fraction of sp³-hybridized carbons (Fsp3) is 0.588. The molecule has 1 aromatic carbocycles. The van der Waals surface area contributed by atoms with Gasteiger partial charge in [-0.3, -0.25) is 0 Å². The van der Waals surface area contributed by atoms with Gasteiger partial charge in [-0.1, -0.05) is 26.0 Å². The molecule has 0 radical (unpaired) electrons. The lowest BCUT2D eigenvalue weighted by atomic mass is 9.76. The van der Waals surface area contributed by atoms with Crippen LogP contribution in [-0.2, 0) is 4.74 Å². The fourth-order valence-corrected chi connectivity index (χ4v) is 2.68. The molecule has 0 aliphatic heterocycles. The van der Waals surface area contributed by atoms with Crippen molar-refractivity contribution in [1.29, 1.82) is 0 Å². The third-order valence-corrected chi connectivity index (χ3v) is 4.10. The molecule has 21 heavy (non-hydrogen) atoms. The summed E-state index contributed by atoms with van der Waals surface area (Å²) in [6.07, 6.45) is 4.90. The maximum absolute atomic E-state index is 11.1. The van der Waals surface area contributed by atoms with E-state index in [1.165, 1.54) is 12.8 Å². The van der Waals surface area contributed by atoms with Crippen LogP contribution in [0.25, 0.3) is 0 Å². The van der Waals surface area contributed by atoms with E-state index >= 15 is 0 Å². The largest absolute Gasteiger partial charge is 0.490 e. The molecule has 1 aromatic rings. The molecule has 4 heteroatoms. The summed E-state index contributed by atoms with van der Waals surface area (Å²) in [4.78, 5) is 11.1. The van der Waals surface area contributed by atoms with E-state index in [0.717, 1.165) is 12.8 Å². The van der Waals surface area contributed by atoms with E-state index in [1.807, 2.05) is 0 Å². The number of carboxylic acid groups (broad SMARTS) is 1. The minimum Gasteiger partial charge on any atom is -0.490 e. The molecule has 0 atom stereocenters. The van der Waals surface area contributed by atoms with Crippen molar-refractivity contribution in [3.63, 3.8) is 0 Å². The summed E-state index contributed by atoms with van der Waals surface area (Å²) < 4.78 is 11.4. The smallest absolute Gasteiger partial charge is 0.339 e. The van der Waals surface area contributed by atoms with Crippen molar-refractivity contribution in [3.8, 4) is 5.75 Å². The summed E-state index contributed by atoms with van der Waals surface area (Å²) in [5.74, 6) is -0.570. The molecule has 1 N–H and O–H groups in total. The highest BCUT2D eigenvalue weighted by atomic mass is 16.5. The zero-order valence-corrected chi connectivity index (χ0v) is 12.8. The number of carboxylic acids is 1. The Morgan fingerprint density at radius 1 is 1.24 bits per heavy atom. The third-order valence-electron chi connectivity index (χ3n) is 4.10. The number of aromatic carboxylic acids is 1. The van der Waals surface area contributed by atoms with Crippen LogP contribution in [0, 0.1) is 5.41 Å². The van der Waals surface area contributed by atoms with Gasteiger partial charge in [0.25, 0.3) is 0 Å². The second kappa shape index (κ2) is 6.94. The Labute approximate surface area is 126 Å².